The van der Waals surface area contributed by atoms with Crippen molar-refractivity contribution in [3.8, 4) is 22.4 Å². The summed E-state index contributed by atoms with van der Waals surface area (Å²) < 4.78 is 0. The number of hydrogen-bond acceptors (Lipinski definition) is 6. The Morgan fingerprint density at radius 3 is 2.69 bits per heavy atom. The van der Waals surface area contributed by atoms with Gasteiger partial charge in [-0.3, -0.25) is 9.78 Å². The average Bonchev–Trinajstić information content (AvgIpc) is 2.61. The molecule has 7 nitrogen and oxygen atoms in total. The maximum absolute atomic E-state index is 12.5. The Bertz CT molecular complexity index is 1200. The predicted octanol–water partition coefficient (Wildman–Crippen LogP) is 2.99. The molecule has 1 aromatic carbocycles. The lowest BCUT2D eigenvalue weighted by atomic mass is 10.0. The highest BCUT2D eigenvalue weighted by Gasteiger charge is 2.12. The number of H-pyrrole nitrogens is 1. The van der Waals surface area contributed by atoms with Crippen LogP contribution in [0.3, 0.4) is 0 Å². The Hall–Kier alpha value is -3.32. The molecule has 4 rings (SSSR count). The Morgan fingerprint density at radius 1 is 1.08 bits per heavy atom. The molecule has 3 N–H and O–H groups in total. The number of halogens is 1. The van der Waals surface area contributed by atoms with Crippen LogP contribution in [0.25, 0.3) is 33.4 Å². The third-order valence-electron chi connectivity index (χ3n) is 3.92. The van der Waals surface area contributed by atoms with Gasteiger partial charge in [0.15, 0.2) is 0 Å². The van der Waals surface area contributed by atoms with E-state index in [1.54, 1.807) is 36.8 Å². The summed E-state index contributed by atoms with van der Waals surface area (Å²) >= 11 is 6.45. The first-order valence-corrected chi connectivity index (χ1v) is 8.13. The molecule has 3 aromatic heterocycles. The predicted molar refractivity (Wildman–Crippen MR) is 101 cm³/mol. The second-order valence-electron chi connectivity index (χ2n) is 5.78. The van der Waals surface area contributed by atoms with Crippen molar-refractivity contribution >= 4 is 28.6 Å². The van der Waals surface area contributed by atoms with Crippen LogP contribution in [-0.2, 0) is 0 Å². The Balaban J connectivity index is 1.84. The minimum absolute atomic E-state index is 0.0996. The summed E-state index contributed by atoms with van der Waals surface area (Å²) in [4.78, 5) is 31.7. The number of aryl methyl sites for hydroxylation is 1. The standard InChI is InChI=1S/C18H13ClN6O/c1-9-6-21-8-15(23-9)10-2-3-12(14(19)5-10)13-4-11-7-22-18(20)25-16(11)24-17(13)26/h2-8H,1H3,(H3,20,22,24,25,26). The number of pyridine rings is 1. The lowest BCUT2D eigenvalue weighted by molar-refractivity contribution is 1.12. The molecule has 0 unspecified atom stereocenters. The van der Waals surface area contributed by atoms with E-state index < -0.39 is 0 Å². The van der Waals surface area contributed by atoms with Gasteiger partial charge in [0.05, 0.1) is 17.6 Å². The Morgan fingerprint density at radius 2 is 1.92 bits per heavy atom. The normalized spacial score (nSPS) is 11.0. The molecular formula is C18H13ClN6O. The smallest absolute Gasteiger partial charge is 0.257 e. The summed E-state index contributed by atoms with van der Waals surface area (Å²) in [6, 6.07) is 7.11. The van der Waals surface area contributed by atoms with Crippen molar-refractivity contribution in [2.45, 2.75) is 6.92 Å². The summed E-state index contributed by atoms with van der Waals surface area (Å²) in [6.45, 7) is 1.87. The van der Waals surface area contributed by atoms with Gasteiger partial charge in [0.25, 0.3) is 5.56 Å². The van der Waals surface area contributed by atoms with Crippen molar-refractivity contribution in [1.29, 1.82) is 0 Å². The third-order valence-corrected chi connectivity index (χ3v) is 4.23. The van der Waals surface area contributed by atoms with E-state index in [-0.39, 0.29) is 11.5 Å². The number of anilines is 1. The number of nitrogen functional groups attached to an aromatic ring is 1. The van der Waals surface area contributed by atoms with Crippen LogP contribution < -0.4 is 11.3 Å². The largest absolute Gasteiger partial charge is 0.368 e. The maximum Gasteiger partial charge on any atom is 0.257 e. The van der Waals surface area contributed by atoms with Crippen molar-refractivity contribution in [3.63, 3.8) is 0 Å². The zero-order chi connectivity index (χ0) is 18.3. The van der Waals surface area contributed by atoms with Crippen molar-refractivity contribution in [1.82, 2.24) is 24.9 Å². The van der Waals surface area contributed by atoms with E-state index >= 15 is 0 Å². The van der Waals surface area contributed by atoms with Gasteiger partial charge < -0.3 is 10.7 Å². The van der Waals surface area contributed by atoms with Crippen LogP contribution in [0.5, 0.6) is 0 Å². The number of nitrogens with zero attached hydrogens (tertiary/aromatic N) is 4. The number of fused-ring (bicyclic) bond motifs is 1. The second kappa shape index (κ2) is 6.20. The first-order chi connectivity index (χ1) is 12.5. The van der Waals surface area contributed by atoms with E-state index in [1.165, 1.54) is 0 Å². The summed E-state index contributed by atoms with van der Waals surface area (Å²) in [7, 11) is 0. The lowest BCUT2D eigenvalue weighted by Gasteiger charge is -2.08. The second-order valence-corrected chi connectivity index (χ2v) is 6.19. The quantitative estimate of drug-likeness (QED) is 0.565. The van der Waals surface area contributed by atoms with Crippen LogP contribution in [0, 0.1) is 6.92 Å². The molecule has 3 heterocycles. The molecular weight excluding hydrogens is 352 g/mol. The Labute approximate surface area is 152 Å². The molecule has 0 fully saturated rings. The molecule has 8 heteroatoms. The summed E-state index contributed by atoms with van der Waals surface area (Å²) in [5, 5.41) is 1.10. The van der Waals surface area contributed by atoms with Crippen molar-refractivity contribution in [2.75, 3.05) is 5.73 Å². The van der Waals surface area contributed by atoms with Crippen LogP contribution in [0.2, 0.25) is 5.02 Å². The van der Waals surface area contributed by atoms with Gasteiger partial charge in [-0.25, -0.2) is 9.97 Å². The minimum atomic E-state index is -0.305. The molecule has 4 aromatic rings. The molecule has 0 bridgehead atoms. The Kier molecular flexibility index (Phi) is 3.85. The van der Waals surface area contributed by atoms with E-state index in [0.29, 0.717) is 27.2 Å². The molecule has 128 valence electrons. The molecule has 0 amide bonds. The monoisotopic (exact) mass is 364 g/mol. The highest BCUT2D eigenvalue weighted by Crippen LogP contribution is 2.30. The lowest BCUT2D eigenvalue weighted by Crippen LogP contribution is -2.10. The van der Waals surface area contributed by atoms with Gasteiger partial charge in [0, 0.05) is 39.5 Å². The highest BCUT2D eigenvalue weighted by molar-refractivity contribution is 6.33. The number of hydrogen-bond donors (Lipinski definition) is 2. The zero-order valence-electron chi connectivity index (χ0n) is 13.7. The molecule has 0 atom stereocenters. The number of nitrogens with one attached hydrogen (secondary N) is 1. The fourth-order valence-electron chi connectivity index (χ4n) is 2.70. The minimum Gasteiger partial charge on any atom is -0.368 e. The number of benzene rings is 1. The van der Waals surface area contributed by atoms with Gasteiger partial charge in [-0.15, -0.1) is 0 Å². The first-order valence-electron chi connectivity index (χ1n) is 7.76. The fraction of sp³-hybridized carbons (Fsp3) is 0.0556. The summed E-state index contributed by atoms with van der Waals surface area (Å²) in [5.74, 6) is 0.0996. The number of aromatic amines is 1. The van der Waals surface area contributed by atoms with Crippen LogP contribution in [0.1, 0.15) is 5.69 Å². The van der Waals surface area contributed by atoms with Gasteiger partial charge in [0.2, 0.25) is 5.95 Å². The summed E-state index contributed by atoms with van der Waals surface area (Å²) in [5.41, 5.74) is 9.02. The first kappa shape index (κ1) is 16.2. The van der Waals surface area contributed by atoms with Crippen molar-refractivity contribution in [3.05, 3.63) is 63.9 Å². The van der Waals surface area contributed by atoms with Crippen LogP contribution in [0.15, 0.2) is 47.7 Å². The summed E-state index contributed by atoms with van der Waals surface area (Å²) in [6.07, 6.45) is 4.91. The molecule has 26 heavy (non-hydrogen) atoms. The van der Waals surface area contributed by atoms with E-state index in [2.05, 4.69) is 24.9 Å². The maximum atomic E-state index is 12.5. The highest BCUT2D eigenvalue weighted by atomic mass is 35.5. The van der Waals surface area contributed by atoms with Gasteiger partial charge in [0.1, 0.15) is 5.65 Å². The van der Waals surface area contributed by atoms with Gasteiger partial charge >= 0.3 is 0 Å². The van der Waals surface area contributed by atoms with E-state index in [9.17, 15) is 4.79 Å². The van der Waals surface area contributed by atoms with E-state index in [0.717, 1.165) is 17.0 Å². The zero-order valence-corrected chi connectivity index (χ0v) is 14.4. The van der Waals surface area contributed by atoms with E-state index in [4.69, 9.17) is 17.3 Å². The number of rotatable bonds is 2. The van der Waals surface area contributed by atoms with Gasteiger partial charge in [-0.05, 0) is 19.1 Å². The van der Waals surface area contributed by atoms with Crippen LogP contribution in [0.4, 0.5) is 5.95 Å². The topological polar surface area (TPSA) is 110 Å². The molecule has 0 aliphatic rings. The number of nitrogens with two attached hydrogens (primary N) is 1. The van der Waals surface area contributed by atoms with Crippen molar-refractivity contribution in [2.24, 2.45) is 0 Å². The van der Waals surface area contributed by atoms with E-state index in [1.807, 2.05) is 13.0 Å². The molecule has 0 radical (unpaired) electrons. The van der Waals surface area contributed by atoms with Gasteiger partial charge in [-0.2, -0.15) is 4.98 Å². The molecule has 0 saturated heterocycles. The van der Waals surface area contributed by atoms with Crippen LogP contribution >= 0.6 is 11.6 Å². The SMILES string of the molecule is Cc1cncc(-c2ccc(-c3cc4cnc(N)nc4[nH]c3=O)c(Cl)c2)n1. The van der Waals surface area contributed by atoms with Crippen molar-refractivity contribution < 1.29 is 0 Å². The molecule has 0 aliphatic heterocycles. The molecule has 0 saturated carbocycles. The third kappa shape index (κ3) is 2.89. The number of aromatic nitrogens is 5. The molecule has 0 spiro atoms. The van der Waals surface area contributed by atoms with Crippen LogP contribution in [-0.4, -0.2) is 24.9 Å². The fourth-order valence-corrected chi connectivity index (χ4v) is 2.98. The van der Waals surface area contributed by atoms with Gasteiger partial charge in [-0.1, -0.05) is 23.7 Å². The average molecular weight is 365 g/mol. The molecule has 0 aliphatic carbocycles.